The van der Waals surface area contributed by atoms with Crippen LogP contribution in [0.2, 0.25) is 0 Å². The van der Waals surface area contributed by atoms with E-state index in [0.29, 0.717) is 0 Å². The molecule has 0 spiro atoms. The summed E-state index contributed by atoms with van der Waals surface area (Å²) in [7, 11) is 1.62. The number of aliphatic hydroxyl groups excluding tert-OH is 2. The first-order valence-electron chi connectivity index (χ1n) is 11.7. The number of aromatic nitrogens is 1. The fourth-order valence-electron chi connectivity index (χ4n) is 4.70. The number of aliphatic hydroxyl groups is 3. The molecule has 11 nitrogen and oxygen atoms in total. The van der Waals surface area contributed by atoms with E-state index in [0.717, 1.165) is 16.5 Å². The molecule has 3 amide bonds. The second kappa shape index (κ2) is 10.7. The minimum Gasteiger partial charge on any atom is -0.390 e. The van der Waals surface area contributed by atoms with Crippen molar-refractivity contribution in [3.63, 3.8) is 0 Å². The van der Waals surface area contributed by atoms with Crippen LogP contribution in [0.25, 0.3) is 10.9 Å². The third kappa shape index (κ3) is 5.81. The van der Waals surface area contributed by atoms with Crippen LogP contribution in [0.1, 0.15) is 32.3 Å². The smallest absolute Gasteiger partial charge is 0.252 e. The first-order valence-corrected chi connectivity index (χ1v) is 11.7. The topological polar surface area (TPSA) is 190 Å². The molecule has 11 heteroatoms. The van der Waals surface area contributed by atoms with E-state index in [1.807, 2.05) is 38.1 Å². The van der Waals surface area contributed by atoms with Gasteiger partial charge in [-0.15, -0.1) is 0 Å². The Balaban J connectivity index is 1.75. The molecule has 0 aliphatic heterocycles. The molecule has 0 bridgehead atoms. The second-order valence-corrected chi connectivity index (χ2v) is 9.62. The number of carbonyl (C=O) groups excluding carboxylic acids is 3. The molecule has 35 heavy (non-hydrogen) atoms. The fraction of sp³-hybridized carbons (Fsp3) is 0.542. The lowest BCUT2D eigenvalue weighted by atomic mass is 9.77. The quantitative estimate of drug-likeness (QED) is 0.214. The van der Waals surface area contributed by atoms with Crippen molar-refractivity contribution in [2.75, 3.05) is 7.05 Å². The van der Waals surface area contributed by atoms with Crippen LogP contribution in [-0.4, -0.2) is 81.0 Å². The van der Waals surface area contributed by atoms with Crippen molar-refractivity contribution in [3.8, 4) is 0 Å². The predicted molar refractivity (Wildman–Crippen MR) is 129 cm³/mol. The first kappa shape index (κ1) is 26.6. The summed E-state index contributed by atoms with van der Waals surface area (Å²) >= 11 is 0. The lowest BCUT2D eigenvalue weighted by Crippen LogP contribution is -2.65. The Morgan fingerprint density at radius 2 is 1.89 bits per heavy atom. The Hall–Kier alpha value is -2.99. The van der Waals surface area contributed by atoms with Crippen LogP contribution in [0, 0.1) is 5.92 Å². The van der Waals surface area contributed by atoms with Gasteiger partial charge in [0.1, 0.15) is 17.7 Å². The molecule has 1 fully saturated rings. The Labute approximate surface area is 203 Å². The first-order chi connectivity index (χ1) is 16.5. The van der Waals surface area contributed by atoms with E-state index in [2.05, 4.69) is 20.9 Å². The summed E-state index contributed by atoms with van der Waals surface area (Å²) in [4.78, 5) is 41.0. The number of nitrogens with two attached hydrogens (primary N) is 1. The highest BCUT2D eigenvalue weighted by Crippen LogP contribution is 2.30. The predicted octanol–water partition coefficient (Wildman–Crippen LogP) is -1.34. The van der Waals surface area contributed by atoms with Gasteiger partial charge < -0.3 is 42.0 Å². The summed E-state index contributed by atoms with van der Waals surface area (Å²) < 4.78 is 0. The van der Waals surface area contributed by atoms with Crippen molar-refractivity contribution < 1.29 is 29.7 Å². The van der Waals surface area contributed by atoms with E-state index in [-0.39, 0.29) is 18.8 Å². The summed E-state index contributed by atoms with van der Waals surface area (Å²) in [5.74, 6) is -2.20. The minimum absolute atomic E-state index is 0.0614. The number of primary amides is 1. The van der Waals surface area contributed by atoms with Crippen molar-refractivity contribution >= 4 is 28.6 Å². The number of H-pyrrole nitrogens is 1. The van der Waals surface area contributed by atoms with Crippen molar-refractivity contribution in [1.82, 2.24) is 20.9 Å². The molecule has 1 aromatic carbocycles. The number of hydrogen-bond acceptors (Lipinski definition) is 7. The summed E-state index contributed by atoms with van der Waals surface area (Å²) in [5.41, 5.74) is 5.02. The van der Waals surface area contributed by atoms with Crippen molar-refractivity contribution in [1.29, 1.82) is 0 Å². The van der Waals surface area contributed by atoms with E-state index in [9.17, 15) is 29.7 Å². The van der Waals surface area contributed by atoms with Gasteiger partial charge >= 0.3 is 0 Å². The minimum atomic E-state index is -2.14. The Bertz CT molecular complexity index is 1070. The highest BCUT2D eigenvalue weighted by molar-refractivity contribution is 5.92. The maximum atomic E-state index is 13.1. The summed E-state index contributed by atoms with van der Waals surface area (Å²) in [6.45, 7) is 3.68. The number of rotatable bonds is 9. The van der Waals surface area contributed by atoms with Crippen LogP contribution in [0.15, 0.2) is 30.5 Å². The SMILES string of the molecule is CN[C@H](C(=O)N[C@H]1C[C@@](O)(C(=O)N[C@H](Cc2c[nH]c3ccccc23)C(N)=O)C[C@@H](O)[C@@H]1O)C(C)C. The largest absolute Gasteiger partial charge is 0.390 e. The molecule has 6 atom stereocenters. The van der Waals surface area contributed by atoms with E-state index in [1.165, 1.54) is 0 Å². The maximum absolute atomic E-state index is 13.1. The molecule has 1 aromatic heterocycles. The van der Waals surface area contributed by atoms with E-state index in [1.54, 1.807) is 13.2 Å². The van der Waals surface area contributed by atoms with Crippen molar-refractivity contribution in [2.45, 2.75) is 69.0 Å². The zero-order valence-electron chi connectivity index (χ0n) is 20.1. The van der Waals surface area contributed by atoms with Gasteiger partial charge in [-0.2, -0.15) is 0 Å². The Kier molecular flexibility index (Phi) is 8.16. The van der Waals surface area contributed by atoms with Gasteiger partial charge in [-0.05, 0) is 24.6 Å². The second-order valence-electron chi connectivity index (χ2n) is 9.62. The number of hydrogen-bond donors (Lipinski definition) is 8. The maximum Gasteiger partial charge on any atom is 0.252 e. The molecule has 0 saturated heterocycles. The normalized spacial score (nSPS) is 26.3. The number of carbonyl (C=O) groups is 3. The van der Waals surface area contributed by atoms with E-state index >= 15 is 0 Å². The van der Waals surface area contributed by atoms with Gasteiger partial charge in [0.15, 0.2) is 0 Å². The van der Waals surface area contributed by atoms with Crippen LogP contribution in [0.5, 0.6) is 0 Å². The van der Waals surface area contributed by atoms with E-state index in [4.69, 9.17) is 5.73 Å². The van der Waals surface area contributed by atoms with Gasteiger partial charge in [-0.1, -0.05) is 32.0 Å². The van der Waals surface area contributed by atoms with Gasteiger partial charge in [0.2, 0.25) is 11.8 Å². The average molecular weight is 490 g/mol. The molecule has 1 aliphatic carbocycles. The molecule has 1 heterocycles. The Morgan fingerprint density at radius 3 is 2.51 bits per heavy atom. The van der Waals surface area contributed by atoms with Crippen molar-refractivity contribution in [3.05, 3.63) is 36.0 Å². The highest BCUT2D eigenvalue weighted by atomic mass is 16.3. The number of benzene rings is 1. The molecule has 9 N–H and O–H groups in total. The standard InChI is InChI=1S/C24H35N5O6/c1-12(2)19(26-3)22(33)28-17-9-24(35,10-18(30)20(17)31)23(34)29-16(21(25)32)8-13-11-27-15-7-5-4-6-14(13)15/h4-7,11-12,16-20,26-27,30-31,35H,8-10H2,1-3H3,(H2,25,32)(H,28,33)(H,29,34)/t16-,17+,18-,19+,20-,24+/m1/s1. The van der Waals surface area contributed by atoms with Crippen molar-refractivity contribution in [2.24, 2.45) is 11.7 Å². The molecule has 2 aromatic rings. The summed E-state index contributed by atoms with van der Waals surface area (Å²) in [5, 5.41) is 40.8. The molecule has 0 radical (unpaired) electrons. The zero-order chi connectivity index (χ0) is 25.9. The van der Waals surface area contributed by atoms with Crippen LogP contribution >= 0.6 is 0 Å². The van der Waals surface area contributed by atoms with Gasteiger partial charge in [-0.25, -0.2) is 0 Å². The van der Waals surface area contributed by atoms with Gasteiger partial charge in [0, 0.05) is 36.4 Å². The average Bonchev–Trinajstić information content (AvgIpc) is 3.19. The summed E-state index contributed by atoms with van der Waals surface area (Å²) in [6, 6.07) is 4.68. The third-order valence-corrected chi connectivity index (χ3v) is 6.67. The highest BCUT2D eigenvalue weighted by Gasteiger charge is 2.50. The number of amides is 3. The molecule has 1 saturated carbocycles. The lowest BCUT2D eigenvalue weighted by molar-refractivity contribution is -0.161. The molecule has 3 rings (SSSR count). The number of aromatic amines is 1. The van der Waals surface area contributed by atoms with Crippen LogP contribution in [0.3, 0.4) is 0 Å². The van der Waals surface area contributed by atoms with Gasteiger partial charge in [0.05, 0.1) is 18.2 Å². The monoisotopic (exact) mass is 489 g/mol. The summed E-state index contributed by atoms with van der Waals surface area (Å²) in [6.07, 6.45) is -1.86. The Morgan fingerprint density at radius 1 is 1.20 bits per heavy atom. The third-order valence-electron chi connectivity index (χ3n) is 6.67. The molecule has 1 aliphatic rings. The number of nitrogens with one attached hydrogen (secondary N) is 4. The number of fused-ring (bicyclic) bond motifs is 1. The van der Waals surface area contributed by atoms with Crippen LogP contribution in [0.4, 0.5) is 0 Å². The number of likely N-dealkylation sites (N-methyl/N-ethyl adjacent to an activating group) is 1. The molecular formula is C24H35N5O6. The lowest BCUT2D eigenvalue weighted by Gasteiger charge is -2.42. The van der Waals surface area contributed by atoms with Crippen LogP contribution < -0.4 is 21.7 Å². The zero-order valence-corrected chi connectivity index (χ0v) is 20.1. The van der Waals surface area contributed by atoms with Crippen LogP contribution in [-0.2, 0) is 20.8 Å². The van der Waals surface area contributed by atoms with Gasteiger partial charge in [0.25, 0.3) is 5.91 Å². The molecule has 192 valence electrons. The molecule has 0 unspecified atom stereocenters. The van der Waals surface area contributed by atoms with Gasteiger partial charge in [-0.3, -0.25) is 14.4 Å². The number of para-hydroxylation sites is 1. The molecular weight excluding hydrogens is 454 g/mol. The fourth-order valence-corrected chi connectivity index (χ4v) is 4.70. The van der Waals surface area contributed by atoms with E-state index < -0.39 is 60.1 Å².